The molecule has 1 heterocycles. The highest BCUT2D eigenvalue weighted by Gasteiger charge is 2.27. The maximum Gasteiger partial charge on any atom is 0.220 e. The predicted molar refractivity (Wildman–Crippen MR) is 84.0 cm³/mol. The van der Waals surface area contributed by atoms with Crippen LogP contribution in [-0.4, -0.2) is 32.7 Å². The van der Waals surface area contributed by atoms with E-state index < -0.39 is 0 Å². The summed E-state index contributed by atoms with van der Waals surface area (Å²) >= 11 is 0. The maximum atomic E-state index is 11.8. The first-order valence-corrected chi connectivity index (χ1v) is 7.89. The minimum absolute atomic E-state index is 0.109. The summed E-state index contributed by atoms with van der Waals surface area (Å²) in [7, 11) is 1.90. The number of ether oxygens (including phenoxy) is 1. The van der Waals surface area contributed by atoms with E-state index in [1.165, 1.54) is 5.56 Å². The Morgan fingerprint density at radius 3 is 2.90 bits per heavy atom. The van der Waals surface area contributed by atoms with Crippen LogP contribution in [0.2, 0.25) is 0 Å². The van der Waals surface area contributed by atoms with E-state index in [2.05, 4.69) is 22.8 Å². The quantitative estimate of drug-likeness (QED) is 0.757. The van der Waals surface area contributed by atoms with E-state index >= 15 is 0 Å². The molecule has 1 aliphatic heterocycles. The highest BCUT2D eigenvalue weighted by atomic mass is 16.5. The lowest BCUT2D eigenvalue weighted by atomic mass is 9.89. The molecule has 0 bridgehead atoms. The minimum atomic E-state index is 0.109. The van der Waals surface area contributed by atoms with Crippen LogP contribution in [0, 0.1) is 5.92 Å². The summed E-state index contributed by atoms with van der Waals surface area (Å²) < 4.78 is 5.95. The van der Waals surface area contributed by atoms with Crippen LogP contribution in [0.3, 0.4) is 0 Å². The lowest BCUT2D eigenvalue weighted by Gasteiger charge is -2.32. The van der Waals surface area contributed by atoms with E-state index in [1.807, 2.05) is 25.2 Å². The Morgan fingerprint density at radius 1 is 1.33 bits per heavy atom. The Kier molecular flexibility index (Phi) is 6.70. The molecule has 1 aromatic carbocycles. The molecule has 0 saturated carbocycles. The summed E-state index contributed by atoms with van der Waals surface area (Å²) in [5.41, 5.74) is 1.21. The van der Waals surface area contributed by atoms with Gasteiger partial charge in [-0.25, -0.2) is 0 Å². The summed E-state index contributed by atoms with van der Waals surface area (Å²) in [5.74, 6) is 0.511. The van der Waals surface area contributed by atoms with E-state index in [0.717, 1.165) is 32.4 Å². The molecule has 0 aromatic heterocycles. The van der Waals surface area contributed by atoms with Crippen molar-refractivity contribution in [2.75, 3.05) is 26.7 Å². The second kappa shape index (κ2) is 8.80. The van der Waals surface area contributed by atoms with E-state index in [4.69, 9.17) is 4.74 Å². The molecule has 21 heavy (non-hydrogen) atoms. The van der Waals surface area contributed by atoms with Gasteiger partial charge in [0, 0.05) is 25.5 Å². The third-order valence-electron chi connectivity index (χ3n) is 3.96. The zero-order valence-corrected chi connectivity index (χ0v) is 12.8. The lowest BCUT2D eigenvalue weighted by Crippen LogP contribution is -2.35. The monoisotopic (exact) mass is 290 g/mol. The molecular formula is C17H26N2O2. The van der Waals surface area contributed by atoms with E-state index in [-0.39, 0.29) is 12.0 Å². The van der Waals surface area contributed by atoms with E-state index in [0.29, 0.717) is 18.9 Å². The van der Waals surface area contributed by atoms with Gasteiger partial charge in [0.05, 0.1) is 6.10 Å². The standard InChI is InChI=1S/C17H26N2O2/c1-18-11-5-10-16(20)19-13-15-9-6-12-21-17(15)14-7-3-2-4-8-14/h2-4,7-8,15,17-18H,5-6,9-13H2,1H3,(H,19,20). The molecule has 2 unspecified atom stereocenters. The van der Waals surface area contributed by atoms with E-state index in [9.17, 15) is 4.79 Å². The molecule has 1 aliphatic rings. The van der Waals surface area contributed by atoms with Crippen LogP contribution in [0.1, 0.15) is 37.4 Å². The van der Waals surface area contributed by atoms with Crippen molar-refractivity contribution in [3.05, 3.63) is 35.9 Å². The number of carbonyl (C=O) groups excluding carboxylic acids is 1. The number of hydrogen-bond acceptors (Lipinski definition) is 3. The summed E-state index contributed by atoms with van der Waals surface area (Å²) in [4.78, 5) is 11.8. The lowest BCUT2D eigenvalue weighted by molar-refractivity contribution is -0.122. The average Bonchev–Trinajstić information content (AvgIpc) is 2.54. The fraction of sp³-hybridized carbons (Fsp3) is 0.588. The van der Waals surface area contributed by atoms with Gasteiger partial charge in [-0.15, -0.1) is 0 Å². The van der Waals surface area contributed by atoms with Gasteiger partial charge in [-0.2, -0.15) is 0 Å². The molecule has 1 fully saturated rings. The molecule has 2 atom stereocenters. The van der Waals surface area contributed by atoms with Gasteiger partial charge in [0.25, 0.3) is 0 Å². The zero-order valence-electron chi connectivity index (χ0n) is 12.8. The summed E-state index contributed by atoms with van der Waals surface area (Å²) in [5, 5.41) is 6.12. The molecule has 2 N–H and O–H groups in total. The largest absolute Gasteiger partial charge is 0.373 e. The van der Waals surface area contributed by atoms with Crippen molar-refractivity contribution < 1.29 is 9.53 Å². The van der Waals surface area contributed by atoms with Crippen molar-refractivity contribution in [2.45, 2.75) is 31.8 Å². The number of carbonyl (C=O) groups is 1. The third-order valence-corrected chi connectivity index (χ3v) is 3.96. The molecule has 0 spiro atoms. The van der Waals surface area contributed by atoms with Crippen molar-refractivity contribution in [3.8, 4) is 0 Å². The fourth-order valence-electron chi connectivity index (χ4n) is 2.82. The molecule has 116 valence electrons. The zero-order chi connectivity index (χ0) is 14.9. The topological polar surface area (TPSA) is 50.4 Å². The van der Waals surface area contributed by atoms with Crippen LogP contribution in [0.4, 0.5) is 0 Å². The predicted octanol–water partition coefficient (Wildman–Crippen LogP) is 2.27. The van der Waals surface area contributed by atoms with Crippen molar-refractivity contribution in [3.63, 3.8) is 0 Å². The molecular weight excluding hydrogens is 264 g/mol. The molecule has 1 aromatic rings. The first-order chi connectivity index (χ1) is 10.3. The van der Waals surface area contributed by atoms with Gasteiger partial charge in [-0.05, 0) is 38.4 Å². The van der Waals surface area contributed by atoms with Crippen LogP contribution in [0.5, 0.6) is 0 Å². The highest BCUT2D eigenvalue weighted by molar-refractivity contribution is 5.75. The van der Waals surface area contributed by atoms with Crippen LogP contribution in [-0.2, 0) is 9.53 Å². The van der Waals surface area contributed by atoms with Crippen LogP contribution >= 0.6 is 0 Å². The highest BCUT2D eigenvalue weighted by Crippen LogP contribution is 2.32. The van der Waals surface area contributed by atoms with Crippen molar-refractivity contribution in [2.24, 2.45) is 5.92 Å². The normalized spacial score (nSPS) is 22.0. The first kappa shape index (κ1) is 16.0. The Bertz CT molecular complexity index is 422. The fourth-order valence-corrected chi connectivity index (χ4v) is 2.82. The van der Waals surface area contributed by atoms with Crippen molar-refractivity contribution >= 4 is 5.91 Å². The number of rotatable bonds is 7. The smallest absolute Gasteiger partial charge is 0.220 e. The molecule has 4 heteroatoms. The third kappa shape index (κ3) is 5.14. The van der Waals surface area contributed by atoms with Gasteiger partial charge in [0.2, 0.25) is 5.91 Å². The molecule has 1 saturated heterocycles. The second-order valence-corrected chi connectivity index (χ2v) is 5.62. The first-order valence-electron chi connectivity index (χ1n) is 7.89. The summed E-state index contributed by atoms with van der Waals surface area (Å²) in [6, 6.07) is 10.3. The SMILES string of the molecule is CNCCCC(=O)NCC1CCCOC1c1ccccc1. The van der Waals surface area contributed by atoms with Gasteiger partial charge >= 0.3 is 0 Å². The Labute approximate surface area is 127 Å². The van der Waals surface area contributed by atoms with Gasteiger partial charge in [0.15, 0.2) is 0 Å². The van der Waals surface area contributed by atoms with Gasteiger partial charge in [-0.3, -0.25) is 4.79 Å². The van der Waals surface area contributed by atoms with Gasteiger partial charge in [-0.1, -0.05) is 30.3 Å². The molecule has 1 amide bonds. The number of hydrogen-bond donors (Lipinski definition) is 2. The Morgan fingerprint density at radius 2 is 2.14 bits per heavy atom. The van der Waals surface area contributed by atoms with Gasteiger partial charge in [0.1, 0.15) is 0 Å². The van der Waals surface area contributed by atoms with Gasteiger partial charge < -0.3 is 15.4 Å². The molecule has 0 radical (unpaired) electrons. The van der Waals surface area contributed by atoms with Crippen molar-refractivity contribution in [1.82, 2.24) is 10.6 Å². The van der Waals surface area contributed by atoms with Crippen molar-refractivity contribution in [1.29, 1.82) is 0 Å². The number of amides is 1. The van der Waals surface area contributed by atoms with E-state index in [1.54, 1.807) is 0 Å². The minimum Gasteiger partial charge on any atom is -0.373 e. The second-order valence-electron chi connectivity index (χ2n) is 5.62. The number of nitrogens with one attached hydrogen (secondary N) is 2. The van der Waals surface area contributed by atoms with Crippen LogP contribution in [0.15, 0.2) is 30.3 Å². The molecule has 2 rings (SSSR count). The average molecular weight is 290 g/mol. The number of benzene rings is 1. The van der Waals surface area contributed by atoms with Crippen LogP contribution in [0.25, 0.3) is 0 Å². The van der Waals surface area contributed by atoms with Crippen LogP contribution < -0.4 is 10.6 Å². The Balaban J connectivity index is 1.83. The summed E-state index contributed by atoms with van der Waals surface area (Å²) in [6.45, 7) is 2.40. The summed E-state index contributed by atoms with van der Waals surface area (Å²) in [6.07, 6.45) is 3.76. The molecule has 4 nitrogen and oxygen atoms in total. The molecule has 0 aliphatic carbocycles. The Hall–Kier alpha value is -1.39. The maximum absolute atomic E-state index is 11.8.